The van der Waals surface area contributed by atoms with E-state index in [1.807, 2.05) is 34.7 Å². The molecule has 2 N–H and O–H groups in total. The second-order valence-electron chi connectivity index (χ2n) is 6.12. The van der Waals surface area contributed by atoms with Crippen LogP contribution in [-0.4, -0.2) is 50.2 Å². The molecule has 2 aliphatic carbocycles. The molecule has 0 radical (unpaired) electrons. The van der Waals surface area contributed by atoms with E-state index >= 15 is 0 Å². The molecule has 1 aliphatic heterocycles. The highest BCUT2D eigenvalue weighted by atomic mass is 15.2. The highest BCUT2D eigenvalue weighted by molar-refractivity contribution is 4.85. The van der Waals surface area contributed by atoms with E-state index < -0.39 is 0 Å². The van der Waals surface area contributed by atoms with Crippen molar-refractivity contribution in [3.63, 3.8) is 0 Å². The van der Waals surface area contributed by atoms with Crippen LogP contribution in [0, 0.1) is 0 Å². The third-order valence-electron chi connectivity index (χ3n) is 4.70. The second-order valence-corrected chi connectivity index (χ2v) is 6.12. The summed E-state index contributed by atoms with van der Waals surface area (Å²) in [6.45, 7) is 10.6. The number of likely N-dealkylation sites (tertiary alicyclic amines) is 1. The van der Waals surface area contributed by atoms with Crippen molar-refractivity contribution in [2.75, 3.05) is 27.2 Å². The molecule has 0 aromatic rings. The highest BCUT2D eigenvalue weighted by Crippen LogP contribution is 2.25. The fraction of sp³-hybridized carbons (Fsp3) is 1.00. The van der Waals surface area contributed by atoms with Gasteiger partial charge in [-0.15, -0.1) is 0 Å². The van der Waals surface area contributed by atoms with Crippen molar-refractivity contribution < 1.29 is 0 Å². The molecule has 1 unspecified atom stereocenters. The molecular formula is C19H43N3. The summed E-state index contributed by atoms with van der Waals surface area (Å²) in [5.41, 5.74) is 0. The maximum absolute atomic E-state index is 3.39. The average molecular weight is 314 g/mol. The van der Waals surface area contributed by atoms with E-state index in [1.165, 1.54) is 64.5 Å². The van der Waals surface area contributed by atoms with Gasteiger partial charge in [0.05, 0.1) is 0 Å². The van der Waals surface area contributed by atoms with Crippen LogP contribution in [0.25, 0.3) is 0 Å². The fourth-order valence-electron chi connectivity index (χ4n) is 3.17. The summed E-state index contributed by atoms with van der Waals surface area (Å²) in [6, 6.07) is 2.57. The maximum Gasteiger partial charge on any atom is 0.0204 e. The number of nitrogens with zero attached hydrogens (tertiary/aromatic N) is 1. The predicted molar refractivity (Wildman–Crippen MR) is 101 cm³/mol. The van der Waals surface area contributed by atoms with Crippen LogP contribution in [0.4, 0.5) is 0 Å². The number of hydrogen-bond acceptors (Lipinski definition) is 3. The molecule has 1 heterocycles. The smallest absolute Gasteiger partial charge is 0.0204 e. The topological polar surface area (TPSA) is 27.3 Å². The van der Waals surface area contributed by atoms with E-state index in [9.17, 15) is 0 Å². The van der Waals surface area contributed by atoms with Gasteiger partial charge >= 0.3 is 0 Å². The van der Waals surface area contributed by atoms with Gasteiger partial charge in [-0.3, -0.25) is 4.90 Å². The molecule has 0 bridgehead atoms. The fourth-order valence-corrected chi connectivity index (χ4v) is 3.17. The summed E-state index contributed by atoms with van der Waals surface area (Å²) in [5, 5.41) is 6.53. The average Bonchev–Trinajstić information content (AvgIpc) is 3.35. The van der Waals surface area contributed by atoms with Crippen molar-refractivity contribution in [1.82, 2.24) is 15.5 Å². The van der Waals surface area contributed by atoms with Gasteiger partial charge in [-0.05, 0) is 46.2 Å². The van der Waals surface area contributed by atoms with Crippen molar-refractivity contribution in [3.8, 4) is 0 Å². The Morgan fingerprint density at radius 3 is 1.59 bits per heavy atom. The van der Waals surface area contributed by atoms with Crippen molar-refractivity contribution in [1.29, 1.82) is 0 Å². The summed E-state index contributed by atoms with van der Waals surface area (Å²) >= 11 is 0. The standard InChI is InChI=1S/C11H22N2.C4H9N.2C2H6/c1-12-10-7-8-13(9-10)11-5-3-2-4-6-11;1-5-4-2-3-4;2*1-2/h10-12H,2-9H2,1H3;4-5H,2-3H2,1H3;2*1-2H3. The number of nitrogens with one attached hydrogen (secondary N) is 2. The Morgan fingerprint density at radius 2 is 1.23 bits per heavy atom. The molecule has 0 aromatic heterocycles. The lowest BCUT2D eigenvalue weighted by atomic mass is 9.94. The van der Waals surface area contributed by atoms with Crippen molar-refractivity contribution >= 4 is 0 Å². The number of rotatable bonds is 3. The predicted octanol–water partition coefficient (Wildman–Crippen LogP) is 4.03. The minimum Gasteiger partial charge on any atom is -0.317 e. The molecular weight excluding hydrogens is 270 g/mol. The van der Waals surface area contributed by atoms with Gasteiger partial charge in [-0.25, -0.2) is 0 Å². The van der Waals surface area contributed by atoms with E-state index in [0.717, 1.165) is 18.1 Å². The number of likely N-dealkylation sites (N-methyl/N-ethyl adjacent to an activating group) is 1. The molecule has 3 heteroatoms. The van der Waals surface area contributed by atoms with Crippen LogP contribution in [0.2, 0.25) is 0 Å². The Hall–Kier alpha value is -0.120. The summed E-state index contributed by atoms with van der Waals surface area (Å²) in [4.78, 5) is 2.71. The van der Waals surface area contributed by atoms with Gasteiger partial charge in [0.25, 0.3) is 0 Å². The molecule has 22 heavy (non-hydrogen) atoms. The first-order valence-corrected chi connectivity index (χ1v) is 9.92. The monoisotopic (exact) mass is 313 g/mol. The summed E-state index contributed by atoms with van der Waals surface area (Å²) in [6.07, 6.45) is 11.5. The Balaban J connectivity index is 0.000000409. The Kier molecular flexibility index (Phi) is 14.4. The first kappa shape index (κ1) is 21.9. The molecule has 3 aliphatic rings. The first-order chi connectivity index (χ1) is 10.8. The number of hydrogen-bond donors (Lipinski definition) is 2. The lowest BCUT2D eigenvalue weighted by Gasteiger charge is -2.30. The van der Waals surface area contributed by atoms with Crippen LogP contribution in [0.5, 0.6) is 0 Å². The van der Waals surface area contributed by atoms with Gasteiger partial charge in [-0.2, -0.15) is 0 Å². The largest absolute Gasteiger partial charge is 0.317 e. The van der Waals surface area contributed by atoms with Crippen LogP contribution in [0.1, 0.15) is 79.1 Å². The summed E-state index contributed by atoms with van der Waals surface area (Å²) < 4.78 is 0. The van der Waals surface area contributed by atoms with E-state index in [4.69, 9.17) is 0 Å². The Bertz CT molecular complexity index is 223. The van der Waals surface area contributed by atoms with Gasteiger partial charge in [-0.1, -0.05) is 47.0 Å². The first-order valence-electron chi connectivity index (χ1n) is 9.92. The molecule has 2 saturated carbocycles. The molecule has 3 fully saturated rings. The third kappa shape index (κ3) is 9.12. The van der Waals surface area contributed by atoms with Gasteiger partial charge in [0.15, 0.2) is 0 Å². The molecule has 3 rings (SSSR count). The van der Waals surface area contributed by atoms with E-state index in [-0.39, 0.29) is 0 Å². The van der Waals surface area contributed by atoms with E-state index in [1.54, 1.807) is 0 Å². The summed E-state index contributed by atoms with van der Waals surface area (Å²) in [5.74, 6) is 0. The van der Waals surface area contributed by atoms with E-state index in [0.29, 0.717) is 0 Å². The van der Waals surface area contributed by atoms with Gasteiger partial charge in [0.1, 0.15) is 0 Å². The highest BCUT2D eigenvalue weighted by Gasteiger charge is 2.27. The van der Waals surface area contributed by atoms with Crippen LogP contribution >= 0.6 is 0 Å². The van der Waals surface area contributed by atoms with Crippen molar-refractivity contribution in [3.05, 3.63) is 0 Å². The molecule has 0 spiro atoms. The summed E-state index contributed by atoms with van der Waals surface area (Å²) in [7, 11) is 4.10. The zero-order chi connectivity index (χ0) is 16.8. The maximum atomic E-state index is 3.39. The SMILES string of the molecule is CC.CC.CNC1CC1.CNC1CCN(C2CCCCC2)C1. The zero-order valence-electron chi connectivity index (χ0n) is 16.3. The lowest BCUT2D eigenvalue weighted by molar-refractivity contribution is 0.188. The van der Waals surface area contributed by atoms with Crippen LogP contribution in [-0.2, 0) is 0 Å². The van der Waals surface area contributed by atoms with Crippen molar-refractivity contribution in [2.45, 2.75) is 97.2 Å². The quantitative estimate of drug-likeness (QED) is 0.823. The Labute approximate surface area is 140 Å². The normalized spacial score (nSPS) is 25.1. The minimum atomic E-state index is 0.766. The third-order valence-corrected chi connectivity index (χ3v) is 4.70. The molecule has 3 nitrogen and oxygen atoms in total. The molecule has 1 saturated heterocycles. The molecule has 1 atom stereocenters. The van der Waals surface area contributed by atoms with Crippen LogP contribution in [0.3, 0.4) is 0 Å². The van der Waals surface area contributed by atoms with Gasteiger partial charge in [0, 0.05) is 31.2 Å². The van der Waals surface area contributed by atoms with Crippen LogP contribution < -0.4 is 10.6 Å². The molecule has 0 aromatic carbocycles. The zero-order valence-corrected chi connectivity index (χ0v) is 16.3. The second kappa shape index (κ2) is 14.5. The minimum absolute atomic E-state index is 0.766. The van der Waals surface area contributed by atoms with E-state index in [2.05, 4.69) is 22.6 Å². The van der Waals surface area contributed by atoms with Gasteiger partial charge < -0.3 is 10.6 Å². The van der Waals surface area contributed by atoms with Gasteiger partial charge in [0.2, 0.25) is 0 Å². The Morgan fingerprint density at radius 1 is 0.682 bits per heavy atom. The molecule has 134 valence electrons. The lowest BCUT2D eigenvalue weighted by Crippen LogP contribution is -2.37. The van der Waals surface area contributed by atoms with Crippen LogP contribution in [0.15, 0.2) is 0 Å². The molecule has 0 amide bonds. The van der Waals surface area contributed by atoms with Crippen molar-refractivity contribution in [2.24, 2.45) is 0 Å².